The van der Waals surface area contributed by atoms with Crippen LogP contribution in [-0.4, -0.2) is 9.55 Å². The van der Waals surface area contributed by atoms with Gasteiger partial charge in [-0.15, -0.1) is 6.58 Å². The van der Waals surface area contributed by atoms with Gasteiger partial charge in [0.15, 0.2) is 0 Å². The van der Waals surface area contributed by atoms with Gasteiger partial charge in [-0.25, -0.2) is 4.98 Å². The second-order valence-corrected chi connectivity index (χ2v) is 4.28. The van der Waals surface area contributed by atoms with E-state index in [4.69, 9.17) is 5.73 Å². The Labute approximate surface area is 108 Å². The highest BCUT2D eigenvalue weighted by molar-refractivity contribution is 5.71. The van der Waals surface area contributed by atoms with E-state index in [-0.39, 0.29) is 0 Å². The van der Waals surface area contributed by atoms with E-state index < -0.39 is 0 Å². The molecule has 3 heteroatoms. The smallest absolute Gasteiger partial charge is 0.132 e. The van der Waals surface area contributed by atoms with Gasteiger partial charge in [0.05, 0.1) is 0 Å². The highest BCUT2D eigenvalue weighted by atomic mass is 15.1. The minimum Gasteiger partial charge on any atom is -0.383 e. The van der Waals surface area contributed by atoms with Crippen LogP contribution in [0.5, 0.6) is 0 Å². The first-order valence-electron chi connectivity index (χ1n) is 6.29. The highest BCUT2D eigenvalue weighted by Crippen LogP contribution is 2.26. The van der Waals surface area contributed by atoms with Gasteiger partial charge in [0.25, 0.3) is 0 Å². The summed E-state index contributed by atoms with van der Waals surface area (Å²) in [5.74, 6) is 1.76. The van der Waals surface area contributed by atoms with Crippen molar-refractivity contribution in [3.8, 4) is 11.3 Å². The zero-order chi connectivity index (χ0) is 13.0. The van der Waals surface area contributed by atoms with Crippen molar-refractivity contribution in [2.75, 3.05) is 5.73 Å². The second-order valence-electron chi connectivity index (χ2n) is 4.28. The van der Waals surface area contributed by atoms with E-state index in [0.717, 1.165) is 35.7 Å². The van der Waals surface area contributed by atoms with Crippen molar-refractivity contribution in [3.63, 3.8) is 0 Å². The standard InChI is InChI=1S/C15H19N3/c1-3-8-13-17-14(12-9-6-5-7-10-12)15(16)18(13)11-4-2/h4-7,9-10H,2-3,8,11,16H2,1H3. The Morgan fingerprint density at radius 1 is 1.33 bits per heavy atom. The number of aryl methyl sites for hydroxylation is 1. The second kappa shape index (κ2) is 5.54. The molecule has 0 saturated carbocycles. The molecule has 0 atom stereocenters. The first-order valence-corrected chi connectivity index (χ1v) is 6.29. The van der Waals surface area contributed by atoms with E-state index in [1.807, 2.05) is 41.0 Å². The van der Waals surface area contributed by atoms with E-state index in [1.165, 1.54) is 0 Å². The lowest BCUT2D eigenvalue weighted by Crippen LogP contribution is -2.05. The predicted octanol–water partition coefficient (Wildman–Crippen LogP) is 3.27. The van der Waals surface area contributed by atoms with Crippen molar-refractivity contribution in [1.29, 1.82) is 0 Å². The fourth-order valence-corrected chi connectivity index (χ4v) is 2.07. The molecule has 0 unspecified atom stereocenters. The van der Waals surface area contributed by atoms with Crippen LogP contribution in [0.3, 0.4) is 0 Å². The molecule has 0 bridgehead atoms. The van der Waals surface area contributed by atoms with Crippen LogP contribution in [0.25, 0.3) is 11.3 Å². The van der Waals surface area contributed by atoms with Gasteiger partial charge in [0, 0.05) is 18.5 Å². The van der Waals surface area contributed by atoms with Gasteiger partial charge < -0.3 is 10.3 Å². The number of benzene rings is 1. The monoisotopic (exact) mass is 241 g/mol. The average Bonchev–Trinajstić information content (AvgIpc) is 2.70. The normalized spacial score (nSPS) is 10.5. The molecule has 0 amide bonds. The molecular weight excluding hydrogens is 222 g/mol. The molecule has 2 rings (SSSR count). The van der Waals surface area contributed by atoms with Crippen LogP contribution in [0.2, 0.25) is 0 Å². The lowest BCUT2D eigenvalue weighted by molar-refractivity contribution is 0.724. The van der Waals surface area contributed by atoms with Crippen molar-refractivity contribution >= 4 is 5.82 Å². The summed E-state index contributed by atoms with van der Waals surface area (Å²) in [6, 6.07) is 10.1. The zero-order valence-electron chi connectivity index (χ0n) is 10.8. The van der Waals surface area contributed by atoms with E-state index in [9.17, 15) is 0 Å². The number of nitrogens with zero attached hydrogens (tertiary/aromatic N) is 2. The van der Waals surface area contributed by atoms with Gasteiger partial charge in [-0.2, -0.15) is 0 Å². The Kier molecular flexibility index (Phi) is 3.82. The highest BCUT2D eigenvalue weighted by Gasteiger charge is 2.14. The van der Waals surface area contributed by atoms with Gasteiger partial charge in [-0.05, 0) is 6.42 Å². The zero-order valence-corrected chi connectivity index (χ0v) is 10.8. The van der Waals surface area contributed by atoms with Crippen molar-refractivity contribution in [3.05, 3.63) is 48.8 Å². The molecule has 3 nitrogen and oxygen atoms in total. The number of rotatable bonds is 5. The lowest BCUT2D eigenvalue weighted by Gasteiger charge is -2.05. The van der Waals surface area contributed by atoms with Crippen LogP contribution in [0, 0.1) is 0 Å². The maximum atomic E-state index is 6.21. The third-order valence-electron chi connectivity index (χ3n) is 2.92. The SMILES string of the molecule is C=CCn1c(CCC)nc(-c2ccccc2)c1N. The third-order valence-corrected chi connectivity index (χ3v) is 2.92. The number of anilines is 1. The molecule has 1 heterocycles. The number of hydrogen-bond acceptors (Lipinski definition) is 2. The van der Waals surface area contributed by atoms with E-state index in [0.29, 0.717) is 6.54 Å². The minimum atomic E-state index is 0.709. The van der Waals surface area contributed by atoms with E-state index in [1.54, 1.807) is 0 Å². The fraction of sp³-hybridized carbons (Fsp3) is 0.267. The van der Waals surface area contributed by atoms with Gasteiger partial charge in [0.1, 0.15) is 17.3 Å². The Balaban J connectivity index is 2.49. The number of aromatic nitrogens is 2. The third kappa shape index (κ3) is 2.30. The topological polar surface area (TPSA) is 43.8 Å². The number of imidazole rings is 1. The Morgan fingerprint density at radius 3 is 2.67 bits per heavy atom. The fourth-order valence-electron chi connectivity index (χ4n) is 2.07. The molecule has 1 aromatic carbocycles. The van der Waals surface area contributed by atoms with Crippen LogP contribution in [-0.2, 0) is 13.0 Å². The van der Waals surface area contributed by atoms with E-state index >= 15 is 0 Å². The van der Waals surface area contributed by atoms with Crippen molar-refractivity contribution in [2.45, 2.75) is 26.3 Å². The van der Waals surface area contributed by atoms with Crippen LogP contribution in [0.4, 0.5) is 5.82 Å². The number of hydrogen-bond donors (Lipinski definition) is 1. The summed E-state index contributed by atoms with van der Waals surface area (Å²) in [6.45, 7) is 6.63. The first kappa shape index (κ1) is 12.4. The Hall–Kier alpha value is -2.03. The molecule has 0 saturated heterocycles. The molecule has 0 aliphatic carbocycles. The first-order chi connectivity index (χ1) is 8.77. The Bertz CT molecular complexity index is 526. The summed E-state index contributed by atoms with van der Waals surface area (Å²) in [5.41, 5.74) is 8.15. The lowest BCUT2D eigenvalue weighted by atomic mass is 10.1. The molecule has 2 aromatic rings. The number of allylic oxidation sites excluding steroid dienone is 1. The molecule has 0 aliphatic rings. The van der Waals surface area contributed by atoms with Gasteiger partial charge in [-0.3, -0.25) is 0 Å². The molecule has 1 aromatic heterocycles. The summed E-state index contributed by atoms with van der Waals surface area (Å²) in [4.78, 5) is 4.68. The number of nitrogens with two attached hydrogens (primary N) is 1. The molecule has 0 fully saturated rings. The van der Waals surface area contributed by atoms with Gasteiger partial charge in [-0.1, -0.05) is 43.3 Å². The van der Waals surface area contributed by atoms with Crippen LogP contribution >= 0.6 is 0 Å². The summed E-state index contributed by atoms with van der Waals surface area (Å²) in [7, 11) is 0. The van der Waals surface area contributed by atoms with Crippen molar-refractivity contribution < 1.29 is 0 Å². The minimum absolute atomic E-state index is 0.709. The molecular formula is C15H19N3. The summed E-state index contributed by atoms with van der Waals surface area (Å²) < 4.78 is 2.04. The maximum Gasteiger partial charge on any atom is 0.132 e. The quantitative estimate of drug-likeness (QED) is 0.816. The van der Waals surface area contributed by atoms with Crippen LogP contribution < -0.4 is 5.73 Å². The molecule has 2 N–H and O–H groups in total. The average molecular weight is 241 g/mol. The summed E-state index contributed by atoms with van der Waals surface area (Å²) in [5, 5.41) is 0. The van der Waals surface area contributed by atoms with Crippen molar-refractivity contribution in [1.82, 2.24) is 9.55 Å². The maximum absolute atomic E-state index is 6.21. The van der Waals surface area contributed by atoms with Crippen molar-refractivity contribution in [2.24, 2.45) is 0 Å². The predicted molar refractivity (Wildman–Crippen MR) is 76.3 cm³/mol. The van der Waals surface area contributed by atoms with Crippen LogP contribution in [0.1, 0.15) is 19.2 Å². The summed E-state index contributed by atoms with van der Waals surface area (Å²) in [6.07, 6.45) is 3.85. The molecule has 0 aliphatic heterocycles. The van der Waals surface area contributed by atoms with Gasteiger partial charge in [0.2, 0.25) is 0 Å². The number of nitrogen functional groups attached to an aromatic ring is 1. The van der Waals surface area contributed by atoms with E-state index in [2.05, 4.69) is 18.5 Å². The molecule has 18 heavy (non-hydrogen) atoms. The summed E-state index contributed by atoms with van der Waals surface area (Å²) >= 11 is 0. The van der Waals surface area contributed by atoms with Crippen LogP contribution in [0.15, 0.2) is 43.0 Å². The molecule has 0 spiro atoms. The van der Waals surface area contributed by atoms with Gasteiger partial charge >= 0.3 is 0 Å². The molecule has 0 radical (unpaired) electrons. The Morgan fingerprint density at radius 2 is 2.06 bits per heavy atom. The largest absolute Gasteiger partial charge is 0.383 e. The molecule has 94 valence electrons.